The van der Waals surface area contributed by atoms with Crippen molar-refractivity contribution in [3.63, 3.8) is 0 Å². The van der Waals surface area contributed by atoms with Crippen LogP contribution >= 0.6 is 0 Å². The van der Waals surface area contributed by atoms with Gasteiger partial charge in [-0.25, -0.2) is 4.39 Å². The fraction of sp³-hybridized carbons (Fsp3) is 0.389. The Morgan fingerprint density at radius 2 is 1.73 bits per heavy atom. The minimum Gasteiger partial charge on any atom is -0.400 e. The monoisotopic (exact) mass is 372 g/mol. The van der Waals surface area contributed by atoms with Crippen LogP contribution in [0.15, 0.2) is 36.4 Å². The van der Waals surface area contributed by atoms with E-state index in [0.717, 1.165) is 13.2 Å². The summed E-state index contributed by atoms with van der Waals surface area (Å²) in [5.74, 6) is -1.73. The summed E-state index contributed by atoms with van der Waals surface area (Å²) in [6.45, 7) is 2.00. The molecule has 0 spiro atoms. The number of carbonyl (C=O) groups excluding carboxylic acids is 3. The number of nitrogens with one attached hydrogen (secondary N) is 1. The van der Waals surface area contributed by atoms with Gasteiger partial charge < -0.3 is 25.7 Å². The summed E-state index contributed by atoms with van der Waals surface area (Å²) in [4.78, 5) is 29.4. The molecule has 0 aliphatic heterocycles. The maximum atomic E-state index is 12.6. The van der Waals surface area contributed by atoms with Crippen molar-refractivity contribution in [2.75, 3.05) is 26.6 Å². The molecule has 0 saturated heterocycles. The molecule has 0 atom stereocenters. The second-order valence-electron chi connectivity index (χ2n) is 4.51. The molecule has 0 aromatic heterocycles. The number of aliphatic hydroxyl groups excluding tert-OH is 1. The van der Waals surface area contributed by atoms with Crippen LogP contribution in [-0.4, -0.2) is 45.0 Å². The van der Waals surface area contributed by atoms with Gasteiger partial charge in [0.15, 0.2) is 0 Å². The van der Waals surface area contributed by atoms with Crippen molar-refractivity contribution in [2.45, 2.75) is 25.7 Å². The zero-order valence-corrected chi connectivity index (χ0v) is 15.5. The summed E-state index contributed by atoms with van der Waals surface area (Å²) < 4.78 is 16.9. The molecule has 8 heteroatoms. The number of aliphatic hydroxyl groups is 1. The second kappa shape index (κ2) is 22.4. The number of halogens is 1. The molecule has 2 amide bonds. The van der Waals surface area contributed by atoms with Crippen molar-refractivity contribution in [3.05, 3.63) is 42.2 Å². The first kappa shape index (κ1) is 28.2. The minimum atomic E-state index is -0.723. The Morgan fingerprint density at radius 3 is 2.08 bits per heavy atom. The van der Waals surface area contributed by atoms with Gasteiger partial charge in [0.25, 0.3) is 0 Å². The molecule has 1 aliphatic rings. The number of nitrogens with two attached hydrogens (primary N) is 1. The van der Waals surface area contributed by atoms with Gasteiger partial charge >= 0.3 is 0 Å². The normalized spacial score (nSPS) is 10.2. The summed E-state index contributed by atoms with van der Waals surface area (Å²) in [7, 11) is 4.25. The van der Waals surface area contributed by atoms with Crippen LogP contribution in [0.25, 0.3) is 0 Å². The van der Waals surface area contributed by atoms with Crippen LogP contribution in [0.4, 0.5) is 10.1 Å². The largest absolute Gasteiger partial charge is 0.400 e. The van der Waals surface area contributed by atoms with E-state index in [0.29, 0.717) is 5.69 Å². The molecule has 0 fully saturated rings. The first-order chi connectivity index (χ1) is 12.5. The number of allylic oxidation sites excluding steroid dienone is 2. The van der Waals surface area contributed by atoms with E-state index >= 15 is 0 Å². The van der Waals surface area contributed by atoms with Crippen LogP contribution in [0.2, 0.25) is 0 Å². The molecule has 1 aromatic rings. The molecular formula is C18H29FN2O5. The molecule has 0 bridgehead atoms. The molecular weight excluding hydrogens is 343 g/mol. The molecule has 0 heterocycles. The number of hydrogen-bond donors (Lipinski definition) is 3. The number of benzene rings is 1. The molecule has 0 saturated carbocycles. The zero-order chi connectivity index (χ0) is 20.8. The van der Waals surface area contributed by atoms with Gasteiger partial charge in [-0.1, -0.05) is 18.2 Å². The van der Waals surface area contributed by atoms with Crippen molar-refractivity contribution >= 4 is 24.3 Å². The standard InChI is InChI=1S/C9H9FN2O2.C5H8.C2H6O.CH4O.CH2O/c10-6-2-1-3-7(4-6)12-9(14)5-8(11)13;1-2-4-5-3-1;1-3-2;2*1-2/h1-4H,5H2,(H2,11,13)(H,12,14);1-2H,3-5H2;1-2H3;2H,1H3;1H2. The summed E-state index contributed by atoms with van der Waals surface area (Å²) in [5.41, 5.74) is 5.11. The molecule has 1 aromatic carbocycles. The van der Waals surface area contributed by atoms with Crippen LogP contribution < -0.4 is 11.1 Å². The number of primary amides is 1. The lowest BCUT2D eigenvalue weighted by molar-refractivity contribution is -0.124. The highest BCUT2D eigenvalue weighted by atomic mass is 19.1. The molecule has 1 aliphatic carbocycles. The van der Waals surface area contributed by atoms with Gasteiger partial charge in [-0.15, -0.1) is 0 Å². The Kier molecular flexibility index (Phi) is 24.3. The third-order valence-corrected chi connectivity index (χ3v) is 2.35. The van der Waals surface area contributed by atoms with Crippen LogP contribution in [0.1, 0.15) is 25.7 Å². The quantitative estimate of drug-likeness (QED) is 0.554. The maximum Gasteiger partial charge on any atom is 0.233 e. The topological polar surface area (TPSA) is 119 Å². The molecule has 0 radical (unpaired) electrons. The van der Waals surface area contributed by atoms with Gasteiger partial charge in [0, 0.05) is 27.0 Å². The summed E-state index contributed by atoms with van der Waals surface area (Å²) in [6.07, 6.45) is 8.09. The number of ether oxygens (including phenoxy) is 1. The summed E-state index contributed by atoms with van der Waals surface area (Å²) in [5, 5.41) is 9.33. The fourth-order valence-electron chi connectivity index (χ4n) is 1.52. The molecule has 0 unspecified atom stereocenters. The van der Waals surface area contributed by atoms with E-state index in [1.165, 1.54) is 37.5 Å². The average molecular weight is 372 g/mol. The van der Waals surface area contributed by atoms with E-state index in [1.54, 1.807) is 14.2 Å². The summed E-state index contributed by atoms with van der Waals surface area (Å²) in [6, 6.07) is 5.37. The Morgan fingerprint density at radius 1 is 1.23 bits per heavy atom. The van der Waals surface area contributed by atoms with Crippen LogP contribution in [-0.2, 0) is 19.1 Å². The smallest absolute Gasteiger partial charge is 0.233 e. The lowest BCUT2D eigenvalue weighted by Crippen LogP contribution is -2.21. The Balaban J connectivity index is -0.000000362. The van der Waals surface area contributed by atoms with E-state index in [2.05, 4.69) is 22.2 Å². The van der Waals surface area contributed by atoms with Gasteiger partial charge in [0.2, 0.25) is 11.8 Å². The van der Waals surface area contributed by atoms with Gasteiger partial charge in [-0.05, 0) is 37.5 Å². The zero-order valence-electron chi connectivity index (χ0n) is 15.5. The van der Waals surface area contributed by atoms with Gasteiger partial charge in [-0.3, -0.25) is 9.59 Å². The van der Waals surface area contributed by atoms with E-state index in [1.807, 2.05) is 6.79 Å². The number of rotatable bonds is 3. The third kappa shape index (κ3) is 21.4. The third-order valence-electron chi connectivity index (χ3n) is 2.35. The molecule has 7 nitrogen and oxygen atoms in total. The predicted molar refractivity (Wildman–Crippen MR) is 100 cm³/mol. The Bertz CT molecular complexity index is 504. The number of carbonyl (C=O) groups is 3. The molecule has 26 heavy (non-hydrogen) atoms. The minimum absolute atomic E-state index is 0.302. The Hall–Kier alpha value is -2.58. The molecule has 2 rings (SSSR count). The fourth-order valence-corrected chi connectivity index (χ4v) is 1.52. The van der Waals surface area contributed by atoms with Crippen LogP contribution in [0.3, 0.4) is 0 Å². The summed E-state index contributed by atoms with van der Waals surface area (Å²) >= 11 is 0. The van der Waals surface area contributed by atoms with Gasteiger partial charge in [0.05, 0.1) is 0 Å². The van der Waals surface area contributed by atoms with Crippen molar-refractivity contribution in [2.24, 2.45) is 5.73 Å². The number of anilines is 1. The van der Waals surface area contributed by atoms with Gasteiger partial charge in [-0.2, -0.15) is 0 Å². The van der Waals surface area contributed by atoms with E-state index in [9.17, 15) is 14.0 Å². The van der Waals surface area contributed by atoms with Crippen molar-refractivity contribution in [1.82, 2.24) is 0 Å². The second-order valence-corrected chi connectivity index (χ2v) is 4.51. The van der Waals surface area contributed by atoms with Crippen LogP contribution in [0.5, 0.6) is 0 Å². The van der Waals surface area contributed by atoms with E-state index < -0.39 is 24.1 Å². The van der Waals surface area contributed by atoms with E-state index in [4.69, 9.17) is 15.6 Å². The molecule has 4 N–H and O–H groups in total. The van der Waals surface area contributed by atoms with E-state index in [-0.39, 0.29) is 0 Å². The van der Waals surface area contributed by atoms with Crippen molar-refractivity contribution < 1.29 is 28.6 Å². The Labute approximate surface area is 154 Å². The van der Waals surface area contributed by atoms with Gasteiger partial charge in [0.1, 0.15) is 19.0 Å². The first-order valence-corrected chi connectivity index (χ1v) is 7.62. The highest BCUT2D eigenvalue weighted by Crippen LogP contribution is 2.09. The number of amides is 2. The lowest BCUT2D eigenvalue weighted by Gasteiger charge is -2.02. The highest BCUT2D eigenvalue weighted by Gasteiger charge is 2.05. The number of hydrogen-bond acceptors (Lipinski definition) is 5. The first-order valence-electron chi connectivity index (χ1n) is 7.62. The average Bonchev–Trinajstić information content (AvgIpc) is 3.18. The lowest BCUT2D eigenvalue weighted by atomic mass is 10.3. The SMILES string of the molecule is C1=CCCC1.C=O.CO.COC.NC(=O)CC(=O)Nc1cccc(F)c1. The van der Waals surface area contributed by atoms with Crippen LogP contribution in [0, 0.1) is 5.82 Å². The maximum absolute atomic E-state index is 12.6. The predicted octanol–water partition coefficient (Wildman–Crippen LogP) is 2.05. The number of methoxy groups -OCH3 is 1. The van der Waals surface area contributed by atoms with Crippen molar-refractivity contribution in [3.8, 4) is 0 Å². The highest BCUT2D eigenvalue weighted by molar-refractivity contribution is 6.02. The van der Waals surface area contributed by atoms with Crippen molar-refractivity contribution in [1.29, 1.82) is 0 Å². The molecule has 148 valence electrons.